The second-order valence-corrected chi connectivity index (χ2v) is 12.4. The molecule has 14 heteroatoms. The van der Waals surface area contributed by atoms with Gasteiger partial charge in [0.25, 0.3) is 5.91 Å². The molecule has 0 unspecified atom stereocenters. The van der Waals surface area contributed by atoms with E-state index in [1.54, 1.807) is 6.92 Å². The standard InChI is InChI=1S/C26H33Cl2N7O5/c1-12-18(27)19(28)21(29-12)22(36)33-20-14-10-35(11-15(14)20)17-9-16(23(37)38)31-24(32-17)34-7-5-13(6-8-34)30-25(39)40-26(2,3)4/h9,13-15,20,29H,5-8,10-11H2,1-4H3,(H,30,39)(H,33,36)(H,37,38)/t14-,15+,20+. The Balaban J connectivity index is 1.20. The number of rotatable bonds is 6. The summed E-state index contributed by atoms with van der Waals surface area (Å²) in [6.45, 7) is 9.58. The maximum atomic E-state index is 12.7. The lowest BCUT2D eigenvalue weighted by atomic mass is 10.1. The Labute approximate surface area is 241 Å². The van der Waals surface area contributed by atoms with E-state index in [0.29, 0.717) is 61.5 Å². The Bertz CT molecular complexity index is 1320. The second kappa shape index (κ2) is 10.6. The van der Waals surface area contributed by atoms with E-state index in [4.69, 9.17) is 32.9 Å². The van der Waals surface area contributed by atoms with Crippen molar-refractivity contribution in [3.63, 3.8) is 0 Å². The summed E-state index contributed by atoms with van der Waals surface area (Å²) in [6, 6.07) is 1.44. The van der Waals surface area contributed by atoms with Crippen LogP contribution >= 0.6 is 23.2 Å². The van der Waals surface area contributed by atoms with E-state index in [9.17, 15) is 19.5 Å². The Morgan fingerprint density at radius 1 is 1.05 bits per heavy atom. The number of carboxylic acids is 1. The first-order chi connectivity index (χ1) is 18.8. The summed E-state index contributed by atoms with van der Waals surface area (Å²) >= 11 is 12.3. The molecule has 12 nitrogen and oxygen atoms in total. The largest absolute Gasteiger partial charge is 0.477 e. The highest BCUT2D eigenvalue weighted by Gasteiger charge is 2.57. The van der Waals surface area contributed by atoms with Crippen molar-refractivity contribution in [2.24, 2.45) is 11.8 Å². The number of piperidine rings is 2. The zero-order valence-electron chi connectivity index (χ0n) is 22.8. The SMILES string of the molecule is Cc1[nH]c(C(=O)N[C@H]2[C@@H]3CN(c4cc(C(=O)O)nc(N5CCC(NC(=O)OC(C)(C)C)CC5)n4)C[C@@H]32)c(Cl)c1Cl. The molecule has 0 spiro atoms. The number of hydrogen-bond donors (Lipinski definition) is 4. The number of halogens is 2. The number of aromatic nitrogens is 3. The van der Waals surface area contributed by atoms with Gasteiger partial charge in [-0.05, 0) is 40.5 Å². The van der Waals surface area contributed by atoms with E-state index >= 15 is 0 Å². The molecule has 2 saturated heterocycles. The number of hydrogen-bond acceptors (Lipinski definition) is 8. The van der Waals surface area contributed by atoms with Crippen molar-refractivity contribution >= 4 is 52.9 Å². The number of aryl methyl sites for hydroxylation is 1. The molecule has 4 heterocycles. The van der Waals surface area contributed by atoms with Crippen LogP contribution in [0.25, 0.3) is 0 Å². The Morgan fingerprint density at radius 3 is 2.25 bits per heavy atom. The van der Waals surface area contributed by atoms with E-state index < -0.39 is 17.7 Å². The fourth-order valence-corrected chi connectivity index (χ4v) is 5.83. The lowest BCUT2D eigenvalue weighted by Crippen LogP contribution is -2.46. The number of carbonyl (C=O) groups is 3. The second-order valence-electron chi connectivity index (χ2n) is 11.6. The predicted molar refractivity (Wildman–Crippen MR) is 150 cm³/mol. The first kappa shape index (κ1) is 28.3. The lowest BCUT2D eigenvalue weighted by Gasteiger charge is -2.33. The minimum atomic E-state index is -1.13. The summed E-state index contributed by atoms with van der Waals surface area (Å²) in [4.78, 5) is 52.6. The molecule has 5 rings (SSSR count). The van der Waals surface area contributed by atoms with Crippen molar-refractivity contribution in [2.75, 3.05) is 36.0 Å². The summed E-state index contributed by atoms with van der Waals surface area (Å²) in [7, 11) is 0. The van der Waals surface area contributed by atoms with Crippen LogP contribution in [-0.4, -0.2) is 81.9 Å². The van der Waals surface area contributed by atoms with Crippen molar-refractivity contribution in [1.82, 2.24) is 25.6 Å². The number of nitrogens with zero attached hydrogens (tertiary/aromatic N) is 4. The highest BCUT2D eigenvalue weighted by atomic mass is 35.5. The average Bonchev–Trinajstić information content (AvgIpc) is 3.18. The van der Waals surface area contributed by atoms with Gasteiger partial charge in [-0.2, -0.15) is 4.98 Å². The molecule has 3 fully saturated rings. The number of carbonyl (C=O) groups excluding carboxylic acids is 2. The van der Waals surface area contributed by atoms with Gasteiger partial charge < -0.3 is 35.3 Å². The Hall–Kier alpha value is -3.25. The minimum Gasteiger partial charge on any atom is -0.477 e. The first-order valence-corrected chi connectivity index (χ1v) is 14.0. The lowest BCUT2D eigenvalue weighted by molar-refractivity contribution is 0.0496. The maximum Gasteiger partial charge on any atom is 0.407 e. The quantitative estimate of drug-likeness (QED) is 0.394. The molecule has 4 N–H and O–H groups in total. The predicted octanol–water partition coefficient (Wildman–Crippen LogP) is 3.48. The van der Waals surface area contributed by atoms with E-state index in [2.05, 4.69) is 20.6 Å². The van der Waals surface area contributed by atoms with Crippen LogP contribution < -0.4 is 20.4 Å². The number of fused-ring (bicyclic) bond motifs is 1. The monoisotopic (exact) mass is 593 g/mol. The molecule has 1 aliphatic carbocycles. The molecule has 216 valence electrons. The number of nitrogens with one attached hydrogen (secondary N) is 3. The maximum absolute atomic E-state index is 12.7. The normalized spacial score (nSPS) is 22.6. The van der Waals surface area contributed by atoms with Crippen LogP contribution in [0.4, 0.5) is 16.6 Å². The molecule has 0 bridgehead atoms. The fraction of sp³-hybridized carbons (Fsp3) is 0.577. The smallest absolute Gasteiger partial charge is 0.407 e. The third-order valence-corrected chi connectivity index (χ3v) is 8.46. The van der Waals surface area contributed by atoms with Crippen molar-refractivity contribution in [3.8, 4) is 0 Å². The molecule has 40 heavy (non-hydrogen) atoms. The topological polar surface area (TPSA) is 153 Å². The first-order valence-electron chi connectivity index (χ1n) is 13.3. The van der Waals surface area contributed by atoms with Gasteiger partial charge in [0.1, 0.15) is 17.1 Å². The highest BCUT2D eigenvalue weighted by Crippen LogP contribution is 2.47. The van der Waals surface area contributed by atoms with E-state index in [0.717, 1.165) is 0 Å². The molecule has 1 saturated carbocycles. The van der Waals surface area contributed by atoms with Gasteiger partial charge in [0.2, 0.25) is 5.95 Å². The number of carboxylic acid groups (broad SMARTS) is 1. The van der Waals surface area contributed by atoms with Crippen LogP contribution in [0.3, 0.4) is 0 Å². The number of anilines is 2. The molecule has 3 aliphatic rings. The number of alkyl carbamates (subject to hydrolysis) is 1. The van der Waals surface area contributed by atoms with Crippen LogP contribution in [0.15, 0.2) is 6.07 Å². The van der Waals surface area contributed by atoms with Crippen molar-refractivity contribution in [3.05, 3.63) is 33.2 Å². The number of aromatic amines is 1. The van der Waals surface area contributed by atoms with Gasteiger partial charge in [-0.3, -0.25) is 4.79 Å². The van der Waals surface area contributed by atoms with Crippen LogP contribution in [-0.2, 0) is 4.74 Å². The van der Waals surface area contributed by atoms with Crippen LogP contribution in [0.2, 0.25) is 10.0 Å². The van der Waals surface area contributed by atoms with E-state index in [1.165, 1.54) is 6.07 Å². The van der Waals surface area contributed by atoms with Crippen LogP contribution in [0, 0.1) is 18.8 Å². The van der Waals surface area contributed by atoms with Gasteiger partial charge in [-0.25, -0.2) is 14.6 Å². The van der Waals surface area contributed by atoms with Crippen molar-refractivity contribution in [1.29, 1.82) is 0 Å². The highest BCUT2D eigenvalue weighted by molar-refractivity contribution is 6.44. The summed E-state index contributed by atoms with van der Waals surface area (Å²) < 4.78 is 5.35. The number of aromatic carboxylic acids is 1. The average molecular weight is 595 g/mol. The molecule has 2 aliphatic heterocycles. The van der Waals surface area contributed by atoms with Gasteiger partial charge in [0.05, 0.1) is 10.0 Å². The summed E-state index contributed by atoms with van der Waals surface area (Å²) in [5, 5.41) is 16.2. The third-order valence-electron chi connectivity index (χ3n) is 7.52. The molecule has 2 aromatic heterocycles. The minimum absolute atomic E-state index is 0.000971. The summed E-state index contributed by atoms with van der Waals surface area (Å²) in [5.74, 6) is -0.0925. The van der Waals surface area contributed by atoms with Gasteiger partial charge >= 0.3 is 12.1 Å². The molecule has 2 amide bonds. The van der Waals surface area contributed by atoms with Crippen molar-refractivity contribution in [2.45, 2.75) is 58.2 Å². The zero-order chi connectivity index (χ0) is 28.9. The number of ether oxygens (including phenoxy) is 1. The molecular weight excluding hydrogens is 561 g/mol. The Kier molecular flexibility index (Phi) is 7.51. The van der Waals surface area contributed by atoms with Gasteiger partial charge in [-0.15, -0.1) is 0 Å². The summed E-state index contributed by atoms with van der Waals surface area (Å²) in [6.07, 6.45) is 0.856. The van der Waals surface area contributed by atoms with Gasteiger partial charge in [0, 0.05) is 61.9 Å². The molecule has 0 radical (unpaired) electrons. The van der Waals surface area contributed by atoms with Crippen molar-refractivity contribution < 1.29 is 24.2 Å². The van der Waals surface area contributed by atoms with Gasteiger partial charge in [-0.1, -0.05) is 23.2 Å². The molecular formula is C26H33Cl2N7O5. The van der Waals surface area contributed by atoms with E-state index in [1.807, 2.05) is 30.6 Å². The Morgan fingerprint density at radius 2 is 1.70 bits per heavy atom. The molecule has 3 atom stereocenters. The van der Waals surface area contributed by atoms with Crippen LogP contribution in [0.1, 0.15) is 60.3 Å². The van der Waals surface area contributed by atoms with E-state index in [-0.39, 0.29) is 46.2 Å². The zero-order valence-corrected chi connectivity index (χ0v) is 24.3. The van der Waals surface area contributed by atoms with Gasteiger partial charge in [0.15, 0.2) is 5.69 Å². The molecule has 0 aromatic carbocycles. The number of H-pyrrole nitrogens is 1. The molecule has 2 aromatic rings. The van der Waals surface area contributed by atoms with Crippen LogP contribution in [0.5, 0.6) is 0 Å². The number of amides is 2. The third kappa shape index (κ3) is 5.92. The summed E-state index contributed by atoms with van der Waals surface area (Å²) in [5.41, 5.74) is 0.240. The fourth-order valence-electron chi connectivity index (χ4n) is 5.41.